The summed E-state index contributed by atoms with van der Waals surface area (Å²) in [4.78, 5) is 16.4. The lowest BCUT2D eigenvalue weighted by Gasteiger charge is -2.21. The molecule has 1 unspecified atom stereocenters. The second-order valence-corrected chi connectivity index (χ2v) is 3.94. The van der Waals surface area contributed by atoms with Crippen LogP contribution in [0.15, 0.2) is 29.3 Å². The van der Waals surface area contributed by atoms with Gasteiger partial charge in [-0.15, -0.1) is 0 Å². The molecule has 1 aromatic carbocycles. The smallest absolute Gasteiger partial charge is 0.166 e. The van der Waals surface area contributed by atoms with Gasteiger partial charge < -0.3 is 0 Å². The summed E-state index contributed by atoms with van der Waals surface area (Å²) in [6.07, 6.45) is 0.781. The number of Topliss-reactive ketones (excluding diaryl/α,β-unsaturated/α-hetero) is 1. The van der Waals surface area contributed by atoms with Crippen molar-refractivity contribution in [2.75, 3.05) is 6.54 Å². The normalized spacial score (nSPS) is 22.9. The molecule has 2 rings (SSSR count). The number of carbonyl (C=O) groups excluding carboxylic acids is 1. The zero-order valence-electron chi connectivity index (χ0n) is 9.16. The van der Waals surface area contributed by atoms with Crippen molar-refractivity contribution in [3.8, 4) is 0 Å². The summed E-state index contributed by atoms with van der Waals surface area (Å²) >= 11 is 0. The van der Waals surface area contributed by atoms with Crippen molar-refractivity contribution >= 4 is 11.5 Å². The first-order chi connectivity index (χ1) is 7.24. The summed E-state index contributed by atoms with van der Waals surface area (Å²) in [6.45, 7) is 4.78. The zero-order valence-corrected chi connectivity index (χ0v) is 9.16. The second-order valence-electron chi connectivity index (χ2n) is 3.94. The molecule has 0 saturated heterocycles. The largest absolute Gasteiger partial charge is 0.294 e. The number of ketones is 1. The number of carbonyl (C=O) groups is 1. The first-order valence-corrected chi connectivity index (χ1v) is 5.41. The van der Waals surface area contributed by atoms with Gasteiger partial charge in [-0.3, -0.25) is 9.79 Å². The SMILES string of the molecule is CCN=C1CC(C)C(=O)c2ccccc21. The monoisotopic (exact) mass is 201 g/mol. The molecular formula is C13H15NO. The molecular weight excluding hydrogens is 186 g/mol. The van der Waals surface area contributed by atoms with Crippen LogP contribution in [0, 0.1) is 5.92 Å². The van der Waals surface area contributed by atoms with Crippen molar-refractivity contribution in [3.05, 3.63) is 35.4 Å². The van der Waals surface area contributed by atoms with Crippen molar-refractivity contribution < 1.29 is 4.79 Å². The van der Waals surface area contributed by atoms with Gasteiger partial charge >= 0.3 is 0 Å². The lowest BCUT2D eigenvalue weighted by molar-refractivity contribution is 0.0929. The standard InChI is InChI=1S/C13H15NO/c1-3-14-12-8-9(2)13(15)11-7-5-4-6-10(11)12/h4-7,9H,3,8H2,1-2H3. The Hall–Kier alpha value is -1.44. The van der Waals surface area contributed by atoms with Crippen molar-refractivity contribution in [2.24, 2.45) is 10.9 Å². The van der Waals surface area contributed by atoms with Gasteiger partial charge in [0.2, 0.25) is 0 Å². The van der Waals surface area contributed by atoms with Gasteiger partial charge in [0.15, 0.2) is 5.78 Å². The molecule has 0 aromatic heterocycles. The summed E-state index contributed by atoms with van der Waals surface area (Å²) in [6, 6.07) is 7.78. The fourth-order valence-corrected chi connectivity index (χ4v) is 2.05. The van der Waals surface area contributed by atoms with Gasteiger partial charge in [0.1, 0.15) is 0 Å². The van der Waals surface area contributed by atoms with Crippen LogP contribution in [-0.2, 0) is 0 Å². The van der Waals surface area contributed by atoms with Gasteiger partial charge in [-0.2, -0.15) is 0 Å². The Morgan fingerprint density at radius 2 is 2.00 bits per heavy atom. The predicted octanol–water partition coefficient (Wildman–Crippen LogP) is 2.72. The molecule has 0 heterocycles. The fourth-order valence-electron chi connectivity index (χ4n) is 2.05. The van der Waals surface area contributed by atoms with Crippen LogP contribution in [-0.4, -0.2) is 18.0 Å². The molecule has 0 fully saturated rings. The van der Waals surface area contributed by atoms with E-state index in [1.165, 1.54) is 0 Å². The maximum Gasteiger partial charge on any atom is 0.166 e. The number of benzene rings is 1. The molecule has 0 N–H and O–H groups in total. The Labute approximate surface area is 90.0 Å². The first kappa shape index (κ1) is 10.1. The van der Waals surface area contributed by atoms with E-state index in [-0.39, 0.29) is 11.7 Å². The minimum absolute atomic E-state index is 0.0743. The Bertz CT molecular complexity index is 420. The van der Waals surface area contributed by atoms with Crippen LogP contribution in [0.2, 0.25) is 0 Å². The third kappa shape index (κ3) is 1.72. The topological polar surface area (TPSA) is 29.4 Å². The molecule has 0 amide bonds. The Morgan fingerprint density at radius 1 is 1.33 bits per heavy atom. The molecule has 78 valence electrons. The molecule has 0 aliphatic heterocycles. The maximum absolute atomic E-state index is 11.9. The van der Waals surface area contributed by atoms with E-state index in [1.807, 2.05) is 38.1 Å². The van der Waals surface area contributed by atoms with Crippen LogP contribution in [0.5, 0.6) is 0 Å². The van der Waals surface area contributed by atoms with E-state index in [0.717, 1.165) is 29.8 Å². The second kappa shape index (κ2) is 3.97. The summed E-state index contributed by atoms with van der Waals surface area (Å²) in [5.41, 5.74) is 2.95. The van der Waals surface area contributed by atoms with Gasteiger partial charge in [-0.25, -0.2) is 0 Å². The molecule has 0 spiro atoms. The van der Waals surface area contributed by atoms with Crippen molar-refractivity contribution in [3.63, 3.8) is 0 Å². The number of aliphatic imine (C=N–C) groups is 1. The van der Waals surface area contributed by atoms with Crippen LogP contribution in [0.3, 0.4) is 0 Å². The van der Waals surface area contributed by atoms with E-state index in [0.29, 0.717) is 0 Å². The van der Waals surface area contributed by atoms with Crippen LogP contribution in [0.1, 0.15) is 36.2 Å². The predicted molar refractivity (Wildman–Crippen MR) is 61.6 cm³/mol. The van der Waals surface area contributed by atoms with Gasteiger partial charge in [-0.05, 0) is 13.3 Å². The van der Waals surface area contributed by atoms with Crippen molar-refractivity contribution in [1.82, 2.24) is 0 Å². The van der Waals surface area contributed by atoms with E-state index in [2.05, 4.69) is 4.99 Å². The quantitative estimate of drug-likeness (QED) is 0.687. The lowest BCUT2D eigenvalue weighted by Crippen LogP contribution is -2.25. The summed E-state index contributed by atoms with van der Waals surface area (Å²) in [5, 5.41) is 0. The Balaban J connectivity index is 2.55. The van der Waals surface area contributed by atoms with Gasteiger partial charge in [0, 0.05) is 29.3 Å². The van der Waals surface area contributed by atoms with Crippen LogP contribution in [0.25, 0.3) is 0 Å². The van der Waals surface area contributed by atoms with Crippen LogP contribution >= 0.6 is 0 Å². The Kier molecular flexibility index (Phi) is 2.67. The molecule has 1 atom stereocenters. The third-order valence-corrected chi connectivity index (χ3v) is 2.80. The molecule has 1 aliphatic rings. The highest BCUT2D eigenvalue weighted by atomic mass is 16.1. The number of rotatable bonds is 1. The van der Waals surface area contributed by atoms with E-state index in [4.69, 9.17) is 0 Å². The average molecular weight is 201 g/mol. The summed E-state index contributed by atoms with van der Waals surface area (Å²) in [5.74, 6) is 0.325. The highest BCUT2D eigenvalue weighted by Gasteiger charge is 2.27. The third-order valence-electron chi connectivity index (χ3n) is 2.80. The molecule has 0 saturated carbocycles. The molecule has 0 radical (unpaired) electrons. The highest BCUT2D eigenvalue weighted by molar-refractivity contribution is 6.16. The average Bonchev–Trinajstić information content (AvgIpc) is 2.26. The van der Waals surface area contributed by atoms with E-state index < -0.39 is 0 Å². The number of hydrogen-bond acceptors (Lipinski definition) is 2. The van der Waals surface area contributed by atoms with E-state index >= 15 is 0 Å². The zero-order chi connectivity index (χ0) is 10.8. The number of nitrogens with zero attached hydrogens (tertiary/aromatic N) is 1. The van der Waals surface area contributed by atoms with Crippen molar-refractivity contribution in [1.29, 1.82) is 0 Å². The molecule has 1 aliphatic carbocycles. The van der Waals surface area contributed by atoms with Crippen LogP contribution in [0.4, 0.5) is 0 Å². The highest BCUT2D eigenvalue weighted by Crippen LogP contribution is 2.25. The van der Waals surface area contributed by atoms with E-state index in [9.17, 15) is 4.79 Å². The minimum Gasteiger partial charge on any atom is -0.294 e. The first-order valence-electron chi connectivity index (χ1n) is 5.41. The van der Waals surface area contributed by atoms with Gasteiger partial charge in [-0.1, -0.05) is 31.2 Å². The molecule has 2 nitrogen and oxygen atoms in total. The molecule has 0 bridgehead atoms. The van der Waals surface area contributed by atoms with Gasteiger partial charge in [0.25, 0.3) is 0 Å². The Morgan fingerprint density at radius 3 is 2.67 bits per heavy atom. The summed E-state index contributed by atoms with van der Waals surface area (Å²) < 4.78 is 0. The number of fused-ring (bicyclic) bond motifs is 1. The maximum atomic E-state index is 11.9. The minimum atomic E-state index is 0.0743. The molecule has 2 heteroatoms. The lowest BCUT2D eigenvalue weighted by atomic mass is 9.82. The fraction of sp³-hybridized carbons (Fsp3) is 0.385. The molecule has 15 heavy (non-hydrogen) atoms. The summed E-state index contributed by atoms with van der Waals surface area (Å²) in [7, 11) is 0. The molecule has 1 aromatic rings. The van der Waals surface area contributed by atoms with Crippen molar-refractivity contribution in [2.45, 2.75) is 20.3 Å². The van der Waals surface area contributed by atoms with Gasteiger partial charge in [0.05, 0.1) is 0 Å². The van der Waals surface area contributed by atoms with E-state index in [1.54, 1.807) is 0 Å². The number of hydrogen-bond donors (Lipinski definition) is 0. The van der Waals surface area contributed by atoms with Crippen LogP contribution < -0.4 is 0 Å².